The number of hydrogen-bond acceptors (Lipinski definition) is 6. The van der Waals surface area contributed by atoms with Gasteiger partial charge in [0.2, 0.25) is 11.8 Å². The average molecular weight is 566 g/mol. The Morgan fingerprint density at radius 2 is 1.69 bits per heavy atom. The second-order valence-electron chi connectivity index (χ2n) is 11.7. The summed E-state index contributed by atoms with van der Waals surface area (Å²) in [4.78, 5) is 55.0. The number of aromatic hydroxyl groups is 1. The lowest BCUT2D eigenvalue weighted by atomic mass is 9.49. The van der Waals surface area contributed by atoms with Crippen molar-refractivity contribution in [1.82, 2.24) is 10.3 Å². The highest BCUT2D eigenvalue weighted by Crippen LogP contribution is 2.63. The summed E-state index contributed by atoms with van der Waals surface area (Å²) in [5, 5.41) is 13.5. The van der Waals surface area contributed by atoms with Crippen LogP contribution in [0.15, 0.2) is 84.4 Å². The minimum atomic E-state index is -1.48. The number of halogens is 1. The largest absolute Gasteiger partial charge is 0.505 e. The van der Waals surface area contributed by atoms with Gasteiger partial charge in [0.05, 0.1) is 28.9 Å². The first-order valence-electron chi connectivity index (χ1n) is 14.0. The van der Waals surface area contributed by atoms with Crippen LogP contribution in [0, 0.1) is 36.4 Å². The quantitative estimate of drug-likeness (QED) is 0.324. The molecule has 0 aromatic heterocycles. The normalized spacial score (nSPS) is 29.9. The van der Waals surface area contributed by atoms with E-state index >= 15 is 0 Å². The van der Waals surface area contributed by atoms with Crippen molar-refractivity contribution < 1.29 is 28.7 Å². The summed E-state index contributed by atoms with van der Waals surface area (Å²) in [5.41, 5.74) is 4.82. The molecule has 3 fully saturated rings. The van der Waals surface area contributed by atoms with Crippen LogP contribution >= 0.6 is 0 Å². The summed E-state index contributed by atoms with van der Waals surface area (Å²) in [6.45, 7) is 1.93. The molecule has 2 saturated heterocycles. The number of nitrogens with one attached hydrogen (secondary N) is 2. The smallest absolute Gasteiger partial charge is 0.260 e. The van der Waals surface area contributed by atoms with E-state index in [9.17, 15) is 28.7 Å². The number of phenols is 1. The highest BCUT2D eigenvalue weighted by Gasteiger charge is 2.70. The highest BCUT2D eigenvalue weighted by atomic mass is 19.1. The van der Waals surface area contributed by atoms with Gasteiger partial charge >= 0.3 is 0 Å². The Morgan fingerprint density at radius 3 is 2.40 bits per heavy atom. The van der Waals surface area contributed by atoms with Crippen molar-refractivity contribution in [3.8, 4) is 5.75 Å². The zero-order valence-corrected chi connectivity index (χ0v) is 22.7. The molecule has 3 aromatic rings. The number of amides is 4. The molecule has 2 aliphatic carbocycles. The number of allylic oxidation sites excluding steroid dienone is 2. The SMILES string of the molecule is Cc1ccc(NN2C(=O)C3CC4C(=CCC5C(=O)NC(=O)C54)C(c4ccc(O)c(F)c4)C3(c3ccccc3)C2=O)cc1. The van der Waals surface area contributed by atoms with Gasteiger partial charge in [0.1, 0.15) is 0 Å². The number of phenolic OH excluding ortho intramolecular Hbond substituents is 1. The number of benzene rings is 3. The Balaban J connectivity index is 1.47. The van der Waals surface area contributed by atoms with Crippen molar-refractivity contribution in [2.75, 3.05) is 5.43 Å². The van der Waals surface area contributed by atoms with E-state index in [0.29, 0.717) is 16.8 Å². The van der Waals surface area contributed by atoms with E-state index in [-0.39, 0.29) is 18.7 Å². The minimum Gasteiger partial charge on any atom is -0.505 e. The molecule has 42 heavy (non-hydrogen) atoms. The molecule has 212 valence electrons. The molecule has 4 aliphatic rings. The van der Waals surface area contributed by atoms with E-state index in [1.54, 1.807) is 42.5 Å². The molecule has 0 bridgehead atoms. The maximum absolute atomic E-state index is 15.0. The zero-order chi connectivity index (χ0) is 29.3. The zero-order valence-electron chi connectivity index (χ0n) is 22.7. The van der Waals surface area contributed by atoms with Crippen LogP contribution < -0.4 is 10.7 Å². The third kappa shape index (κ3) is 3.59. The lowest BCUT2D eigenvalue weighted by Crippen LogP contribution is -2.53. The second kappa shape index (κ2) is 9.37. The summed E-state index contributed by atoms with van der Waals surface area (Å²) >= 11 is 0. The third-order valence-electron chi connectivity index (χ3n) is 9.54. The molecule has 6 unspecified atom stereocenters. The average Bonchev–Trinajstić information content (AvgIpc) is 3.40. The topological polar surface area (TPSA) is 116 Å². The Kier molecular flexibility index (Phi) is 5.83. The highest BCUT2D eigenvalue weighted by molar-refractivity contribution is 6.13. The monoisotopic (exact) mass is 565 g/mol. The molecule has 3 aromatic carbocycles. The summed E-state index contributed by atoms with van der Waals surface area (Å²) < 4.78 is 15.0. The number of hydrazine groups is 1. The van der Waals surface area contributed by atoms with E-state index in [1.165, 1.54) is 12.1 Å². The van der Waals surface area contributed by atoms with Gasteiger partial charge in [-0.1, -0.05) is 65.7 Å². The van der Waals surface area contributed by atoms with E-state index in [1.807, 2.05) is 31.2 Å². The maximum atomic E-state index is 15.0. The Hall–Kier alpha value is -4.79. The molecule has 8 nitrogen and oxygen atoms in total. The van der Waals surface area contributed by atoms with Crippen molar-refractivity contribution in [1.29, 1.82) is 0 Å². The van der Waals surface area contributed by atoms with Crippen molar-refractivity contribution in [2.45, 2.75) is 31.1 Å². The predicted octanol–water partition coefficient (Wildman–Crippen LogP) is 4.11. The maximum Gasteiger partial charge on any atom is 0.260 e. The Morgan fingerprint density at radius 1 is 0.952 bits per heavy atom. The first-order valence-corrected chi connectivity index (χ1v) is 14.0. The number of aryl methyl sites for hydroxylation is 1. The molecule has 3 N–H and O–H groups in total. The van der Waals surface area contributed by atoms with Gasteiger partial charge in [-0.25, -0.2) is 4.39 Å². The second-order valence-corrected chi connectivity index (χ2v) is 11.7. The van der Waals surface area contributed by atoms with Crippen LogP contribution in [0.3, 0.4) is 0 Å². The molecule has 0 spiro atoms. The number of carbonyl (C=O) groups is 4. The molecule has 7 rings (SSSR count). The van der Waals surface area contributed by atoms with Gasteiger partial charge in [-0.2, -0.15) is 5.01 Å². The number of hydrogen-bond donors (Lipinski definition) is 3. The standard InChI is InChI=1S/C33H28FN3O5/c1-17-7-10-20(11-8-17)36-37-31(41)24-16-23-21(12-13-22-27(23)30(40)35-29(22)39)28(18-9-14-26(38)25(34)15-18)33(24,32(37)42)19-5-3-2-4-6-19/h2-12,14-15,22-24,27-28,36,38H,13,16H2,1H3,(H,35,39,40). The van der Waals surface area contributed by atoms with Crippen LogP contribution in [-0.4, -0.2) is 33.7 Å². The van der Waals surface area contributed by atoms with Crippen molar-refractivity contribution in [3.63, 3.8) is 0 Å². The Labute approximate surface area is 241 Å². The van der Waals surface area contributed by atoms with Gasteiger partial charge in [-0.15, -0.1) is 0 Å². The van der Waals surface area contributed by atoms with E-state index in [4.69, 9.17) is 0 Å². The van der Waals surface area contributed by atoms with Crippen LogP contribution in [0.1, 0.15) is 35.4 Å². The summed E-state index contributed by atoms with van der Waals surface area (Å²) in [6, 6.07) is 20.3. The molecule has 6 atom stereocenters. The lowest BCUT2D eigenvalue weighted by molar-refractivity contribution is -0.138. The van der Waals surface area contributed by atoms with Gasteiger partial charge < -0.3 is 5.11 Å². The van der Waals surface area contributed by atoms with E-state index in [0.717, 1.165) is 16.1 Å². The molecule has 2 heterocycles. The minimum absolute atomic E-state index is 0.163. The first-order chi connectivity index (χ1) is 20.2. The molecule has 1 saturated carbocycles. The van der Waals surface area contributed by atoms with Crippen LogP contribution in [0.4, 0.5) is 10.1 Å². The fraction of sp³-hybridized carbons (Fsp3) is 0.273. The Bertz CT molecular complexity index is 1690. The predicted molar refractivity (Wildman–Crippen MR) is 150 cm³/mol. The fourth-order valence-electron chi connectivity index (χ4n) is 7.74. The van der Waals surface area contributed by atoms with Crippen LogP contribution in [-0.2, 0) is 24.6 Å². The third-order valence-corrected chi connectivity index (χ3v) is 9.54. The van der Waals surface area contributed by atoms with Gasteiger partial charge in [-0.3, -0.25) is 29.9 Å². The van der Waals surface area contributed by atoms with Gasteiger partial charge in [-0.05, 0) is 61.1 Å². The molecule has 4 amide bonds. The number of anilines is 1. The molecule has 9 heteroatoms. The summed E-state index contributed by atoms with van der Waals surface area (Å²) in [7, 11) is 0. The first kappa shape index (κ1) is 26.1. The number of imide groups is 2. The van der Waals surface area contributed by atoms with Gasteiger partial charge in [0, 0.05) is 5.92 Å². The molecule has 0 radical (unpaired) electrons. The van der Waals surface area contributed by atoms with Crippen LogP contribution in [0.25, 0.3) is 0 Å². The summed E-state index contributed by atoms with van der Waals surface area (Å²) in [5.74, 6) is -6.62. The lowest BCUT2D eigenvalue weighted by Gasteiger charge is -2.50. The van der Waals surface area contributed by atoms with E-state index in [2.05, 4.69) is 10.7 Å². The van der Waals surface area contributed by atoms with Gasteiger partial charge in [0.15, 0.2) is 11.6 Å². The number of carbonyl (C=O) groups excluding carboxylic acids is 4. The van der Waals surface area contributed by atoms with E-state index < -0.39 is 64.3 Å². The number of fused-ring (bicyclic) bond motifs is 4. The number of nitrogens with zero attached hydrogens (tertiary/aromatic N) is 1. The molecular formula is C33H28FN3O5. The van der Waals surface area contributed by atoms with Gasteiger partial charge in [0.25, 0.3) is 11.8 Å². The van der Waals surface area contributed by atoms with Crippen molar-refractivity contribution >= 4 is 29.3 Å². The fourth-order valence-corrected chi connectivity index (χ4v) is 7.74. The summed E-state index contributed by atoms with van der Waals surface area (Å²) in [6.07, 6.45) is 2.35. The van der Waals surface area contributed by atoms with Crippen LogP contribution in [0.2, 0.25) is 0 Å². The van der Waals surface area contributed by atoms with Crippen molar-refractivity contribution in [2.24, 2.45) is 23.7 Å². The molecule has 2 aliphatic heterocycles. The molecular weight excluding hydrogens is 537 g/mol. The number of rotatable bonds is 4. The van der Waals surface area contributed by atoms with Crippen LogP contribution in [0.5, 0.6) is 5.75 Å². The van der Waals surface area contributed by atoms with Crippen molar-refractivity contribution in [3.05, 3.63) is 107 Å².